The lowest BCUT2D eigenvalue weighted by atomic mass is 10.1. The fourth-order valence-corrected chi connectivity index (χ4v) is 2.36. The number of piperazine rings is 1. The molecule has 126 valence electrons. The molecule has 0 saturated carbocycles. The van der Waals surface area contributed by atoms with E-state index in [1.165, 1.54) is 0 Å². The highest BCUT2D eigenvalue weighted by Gasteiger charge is 2.30. The average Bonchev–Trinajstić information content (AvgIpc) is 2.52. The van der Waals surface area contributed by atoms with Crippen LogP contribution in [0.1, 0.15) is 26.3 Å². The van der Waals surface area contributed by atoms with Crippen molar-refractivity contribution < 1.29 is 14.3 Å². The molecule has 1 aliphatic rings. The van der Waals surface area contributed by atoms with Crippen molar-refractivity contribution in [3.8, 4) is 0 Å². The summed E-state index contributed by atoms with van der Waals surface area (Å²) in [5.41, 5.74) is 0.646. The minimum Gasteiger partial charge on any atom is -0.445 e. The van der Waals surface area contributed by atoms with Crippen LogP contribution in [0.4, 0.5) is 4.79 Å². The molecule has 0 spiro atoms. The van der Waals surface area contributed by atoms with Gasteiger partial charge in [-0.2, -0.15) is 0 Å². The fourth-order valence-electron chi connectivity index (χ4n) is 2.36. The van der Waals surface area contributed by atoms with E-state index in [4.69, 9.17) is 4.74 Å². The van der Waals surface area contributed by atoms with E-state index < -0.39 is 6.04 Å². The van der Waals surface area contributed by atoms with Crippen molar-refractivity contribution in [1.82, 2.24) is 15.5 Å². The van der Waals surface area contributed by atoms with Crippen molar-refractivity contribution >= 4 is 12.0 Å². The van der Waals surface area contributed by atoms with Crippen LogP contribution in [-0.4, -0.2) is 48.1 Å². The number of hydrogen-bond donors (Lipinski definition) is 2. The Morgan fingerprint density at radius 1 is 1.30 bits per heavy atom. The topological polar surface area (TPSA) is 70.7 Å². The van der Waals surface area contributed by atoms with Crippen LogP contribution in [0.25, 0.3) is 0 Å². The van der Waals surface area contributed by atoms with Crippen LogP contribution in [0.2, 0.25) is 0 Å². The van der Waals surface area contributed by atoms with E-state index in [2.05, 4.69) is 10.6 Å². The summed E-state index contributed by atoms with van der Waals surface area (Å²) in [5, 5.41) is 6.06. The van der Waals surface area contributed by atoms with Gasteiger partial charge in [0, 0.05) is 25.2 Å². The number of carbonyl (C=O) groups excluding carboxylic acids is 2. The highest BCUT2D eigenvalue weighted by atomic mass is 16.6. The van der Waals surface area contributed by atoms with Gasteiger partial charge in [0.25, 0.3) is 0 Å². The molecule has 1 atom stereocenters. The van der Waals surface area contributed by atoms with Crippen LogP contribution >= 0.6 is 0 Å². The number of hydrogen-bond acceptors (Lipinski definition) is 4. The number of nitrogens with one attached hydrogen (secondary N) is 2. The lowest BCUT2D eigenvalue weighted by Crippen LogP contribution is -2.60. The van der Waals surface area contributed by atoms with Gasteiger partial charge in [-0.25, -0.2) is 4.79 Å². The standard InChI is InChI=1S/C17H25N3O3/c1-17(2,3)19-15(21)14-11-20(10-9-18-14)16(22)23-12-13-7-5-4-6-8-13/h4-8,14,18H,9-12H2,1-3H3,(H,19,21)/t14-/m1/s1. The maximum atomic E-state index is 12.2. The summed E-state index contributed by atoms with van der Waals surface area (Å²) in [6.07, 6.45) is -0.385. The van der Waals surface area contributed by atoms with E-state index in [1.54, 1.807) is 4.90 Å². The number of ether oxygens (including phenoxy) is 1. The summed E-state index contributed by atoms with van der Waals surface area (Å²) in [4.78, 5) is 26.0. The molecule has 1 fully saturated rings. The normalized spacial score (nSPS) is 18.4. The van der Waals surface area contributed by atoms with Crippen molar-refractivity contribution in [2.45, 2.75) is 39.0 Å². The molecule has 6 nitrogen and oxygen atoms in total. The van der Waals surface area contributed by atoms with E-state index in [1.807, 2.05) is 51.1 Å². The monoisotopic (exact) mass is 319 g/mol. The number of amides is 2. The SMILES string of the molecule is CC(C)(C)NC(=O)[C@H]1CN(C(=O)OCc2ccccc2)CCN1. The van der Waals surface area contributed by atoms with Gasteiger partial charge in [-0.15, -0.1) is 0 Å². The highest BCUT2D eigenvalue weighted by molar-refractivity contribution is 5.83. The van der Waals surface area contributed by atoms with Gasteiger partial charge in [0.05, 0.1) is 0 Å². The van der Waals surface area contributed by atoms with Gasteiger partial charge in [-0.05, 0) is 26.3 Å². The predicted molar refractivity (Wildman–Crippen MR) is 87.9 cm³/mol. The molecule has 1 aromatic rings. The van der Waals surface area contributed by atoms with Crippen LogP contribution in [0, 0.1) is 0 Å². The predicted octanol–water partition coefficient (Wildman–Crippen LogP) is 1.51. The third kappa shape index (κ3) is 5.56. The van der Waals surface area contributed by atoms with E-state index in [0.717, 1.165) is 5.56 Å². The minimum atomic E-state index is -0.410. The zero-order valence-electron chi connectivity index (χ0n) is 14.0. The molecular formula is C17H25N3O3. The minimum absolute atomic E-state index is 0.0990. The Balaban J connectivity index is 1.85. The number of carbonyl (C=O) groups is 2. The Hall–Kier alpha value is -2.08. The molecule has 2 N–H and O–H groups in total. The summed E-state index contributed by atoms with van der Waals surface area (Å²) in [6.45, 7) is 7.45. The van der Waals surface area contributed by atoms with Crippen molar-refractivity contribution in [3.63, 3.8) is 0 Å². The third-order valence-electron chi connectivity index (χ3n) is 3.45. The van der Waals surface area contributed by atoms with E-state index in [9.17, 15) is 9.59 Å². The Labute approximate surface area is 137 Å². The first-order chi connectivity index (χ1) is 10.8. The molecular weight excluding hydrogens is 294 g/mol. The van der Waals surface area contributed by atoms with Crippen LogP contribution in [0.5, 0.6) is 0 Å². The first-order valence-electron chi connectivity index (χ1n) is 7.86. The van der Waals surface area contributed by atoms with Crippen LogP contribution in [0.15, 0.2) is 30.3 Å². The Kier molecular flexibility index (Phi) is 5.60. The molecule has 0 aliphatic carbocycles. The van der Waals surface area contributed by atoms with Crippen LogP contribution in [0.3, 0.4) is 0 Å². The lowest BCUT2D eigenvalue weighted by Gasteiger charge is -2.33. The van der Waals surface area contributed by atoms with E-state index in [-0.39, 0.29) is 24.1 Å². The van der Waals surface area contributed by atoms with E-state index in [0.29, 0.717) is 19.6 Å². The zero-order valence-corrected chi connectivity index (χ0v) is 14.0. The third-order valence-corrected chi connectivity index (χ3v) is 3.45. The van der Waals surface area contributed by atoms with Gasteiger partial charge >= 0.3 is 6.09 Å². The maximum absolute atomic E-state index is 12.2. The van der Waals surface area contributed by atoms with Gasteiger partial charge in [0.2, 0.25) is 5.91 Å². The fraction of sp³-hybridized carbons (Fsp3) is 0.529. The lowest BCUT2D eigenvalue weighted by molar-refractivity contribution is -0.125. The zero-order chi connectivity index (χ0) is 16.9. The quantitative estimate of drug-likeness (QED) is 0.886. The maximum Gasteiger partial charge on any atom is 0.410 e. The van der Waals surface area contributed by atoms with Crippen molar-refractivity contribution in [2.75, 3.05) is 19.6 Å². The average molecular weight is 319 g/mol. The molecule has 0 radical (unpaired) electrons. The smallest absolute Gasteiger partial charge is 0.410 e. The van der Waals surface area contributed by atoms with Crippen LogP contribution < -0.4 is 10.6 Å². The number of benzene rings is 1. The molecule has 1 saturated heterocycles. The first-order valence-corrected chi connectivity index (χ1v) is 7.86. The molecule has 1 aliphatic heterocycles. The van der Waals surface area contributed by atoms with Crippen LogP contribution in [-0.2, 0) is 16.1 Å². The molecule has 23 heavy (non-hydrogen) atoms. The number of nitrogens with zero attached hydrogens (tertiary/aromatic N) is 1. The molecule has 1 heterocycles. The van der Waals surface area contributed by atoms with E-state index >= 15 is 0 Å². The van der Waals surface area contributed by atoms with Crippen molar-refractivity contribution in [2.24, 2.45) is 0 Å². The van der Waals surface area contributed by atoms with Gasteiger partial charge in [-0.1, -0.05) is 30.3 Å². The molecule has 2 rings (SSSR count). The second kappa shape index (κ2) is 7.46. The second-order valence-corrected chi connectivity index (χ2v) is 6.73. The first kappa shape index (κ1) is 17.3. The Morgan fingerprint density at radius 2 is 2.00 bits per heavy atom. The molecule has 6 heteroatoms. The highest BCUT2D eigenvalue weighted by Crippen LogP contribution is 2.07. The molecule has 0 bridgehead atoms. The molecule has 2 amide bonds. The van der Waals surface area contributed by atoms with Gasteiger partial charge in [-0.3, -0.25) is 4.79 Å². The second-order valence-electron chi connectivity index (χ2n) is 6.73. The largest absolute Gasteiger partial charge is 0.445 e. The summed E-state index contributed by atoms with van der Waals surface area (Å²) < 4.78 is 5.32. The molecule has 1 aromatic carbocycles. The van der Waals surface area contributed by atoms with Gasteiger partial charge in [0.1, 0.15) is 12.6 Å². The van der Waals surface area contributed by atoms with Crippen molar-refractivity contribution in [1.29, 1.82) is 0 Å². The molecule has 0 aromatic heterocycles. The number of rotatable bonds is 3. The summed E-state index contributed by atoms with van der Waals surface area (Å²) in [6, 6.07) is 9.13. The summed E-state index contributed by atoms with van der Waals surface area (Å²) in [5.74, 6) is -0.0990. The van der Waals surface area contributed by atoms with Gasteiger partial charge in [0.15, 0.2) is 0 Å². The van der Waals surface area contributed by atoms with Gasteiger partial charge < -0.3 is 20.3 Å². The Bertz CT molecular complexity index is 540. The molecule has 0 unspecified atom stereocenters. The van der Waals surface area contributed by atoms with Crippen molar-refractivity contribution in [3.05, 3.63) is 35.9 Å². The Morgan fingerprint density at radius 3 is 2.65 bits per heavy atom. The summed E-state index contributed by atoms with van der Waals surface area (Å²) >= 11 is 0. The summed E-state index contributed by atoms with van der Waals surface area (Å²) in [7, 11) is 0.